The first-order chi connectivity index (χ1) is 34.0. The Labute approximate surface area is 409 Å². The van der Waals surface area contributed by atoms with Gasteiger partial charge in [-0.2, -0.15) is 0 Å². The van der Waals surface area contributed by atoms with Gasteiger partial charge in [0, 0.05) is 11.5 Å². The first-order valence-electron chi connectivity index (χ1n) is 23.8. The Bertz CT molecular complexity index is 3130. The first-order valence-corrected chi connectivity index (χ1v) is 23.8. The number of fused-ring (bicyclic) bond motifs is 7. The molecule has 0 aromatic heterocycles. The lowest BCUT2D eigenvalue weighted by molar-refractivity contribution is 0.767. The molecule has 0 heterocycles. The largest absolute Gasteiger partial charge is 0.405 e. The second-order valence-corrected chi connectivity index (χ2v) is 16.8. The zero-order valence-corrected chi connectivity index (χ0v) is 39.5. The summed E-state index contributed by atoms with van der Waals surface area (Å²) in [6, 6.07) is 62.7. The van der Waals surface area contributed by atoms with Gasteiger partial charge in [0.15, 0.2) is 0 Å². The third kappa shape index (κ3) is 9.90. The van der Waals surface area contributed by atoms with Crippen LogP contribution in [0.5, 0.6) is 0 Å². The number of hydrogen-bond donors (Lipinski definition) is 3. The van der Waals surface area contributed by atoms with Gasteiger partial charge in [0.05, 0.1) is 5.41 Å². The van der Waals surface area contributed by atoms with E-state index in [-0.39, 0.29) is 6.04 Å². The number of amidine groups is 1. The molecule has 3 aliphatic carbocycles. The van der Waals surface area contributed by atoms with Gasteiger partial charge in [-0.05, 0) is 109 Å². The molecular weight excluding hydrogens is 837 g/mol. The van der Waals surface area contributed by atoms with Crippen molar-refractivity contribution in [3.05, 3.63) is 306 Å². The van der Waals surface area contributed by atoms with Crippen LogP contribution in [0.4, 0.5) is 0 Å². The maximum atomic E-state index is 6.32. The minimum atomic E-state index is -0.547. The van der Waals surface area contributed by atoms with Crippen molar-refractivity contribution in [2.45, 2.75) is 37.6 Å². The highest BCUT2D eigenvalue weighted by Crippen LogP contribution is 2.58. The first kappa shape index (κ1) is 47.2. The fraction of sp³-hybridized carbons (Fsp3) is 0.0923. The standard InChI is InChI=1S/C57H45N3.C6H9N.C2H6/c1-39-15-8-9-20-44-21-10-12-25-52(44)57(39)53-26-13-11-24-50(53)51-36-35-48(38-54(51)57)47-22-14-23-49(37-47)55(45-31-27-42(28-32-45)40-16-4-2-5-17-40)59-56(60-58)46-33-29-43(30-34-46)41-18-6-3-7-19-41;1-2-3-4-5-6-7;1-2/h2-27,29-38,42,55H,1,28,58H2,(H,59,60);2-6H,1,7H2;1-2H3/b15-8-,20-9-;4-3-,6-5-;. The van der Waals surface area contributed by atoms with E-state index in [4.69, 9.17) is 23.1 Å². The molecule has 4 nitrogen and oxygen atoms in total. The number of hydrogen-bond acceptors (Lipinski definition) is 3. The van der Waals surface area contributed by atoms with Crippen LogP contribution in [0.15, 0.2) is 272 Å². The normalized spacial score (nSPS) is 18.0. The molecule has 7 aromatic rings. The Hall–Kier alpha value is -8.31. The Balaban J connectivity index is 0.000000657. The zero-order chi connectivity index (χ0) is 48.0. The minimum absolute atomic E-state index is 0.308. The van der Waals surface area contributed by atoms with E-state index in [2.05, 4.69) is 224 Å². The van der Waals surface area contributed by atoms with Gasteiger partial charge in [0.2, 0.25) is 0 Å². The van der Waals surface area contributed by atoms with Crippen LogP contribution < -0.4 is 17.0 Å². The van der Waals surface area contributed by atoms with E-state index in [1.165, 1.54) is 50.7 Å². The van der Waals surface area contributed by atoms with Crippen LogP contribution in [0, 0.1) is 0 Å². The van der Waals surface area contributed by atoms with Crippen LogP contribution >= 0.6 is 0 Å². The summed E-state index contributed by atoms with van der Waals surface area (Å²) in [6.07, 6.45) is 25.0. The van der Waals surface area contributed by atoms with E-state index in [0.717, 1.165) is 45.4 Å². The van der Waals surface area contributed by atoms with E-state index in [1.807, 2.05) is 32.1 Å². The van der Waals surface area contributed by atoms with Crippen LogP contribution in [0.3, 0.4) is 0 Å². The van der Waals surface area contributed by atoms with Gasteiger partial charge in [0.1, 0.15) is 11.9 Å². The smallest absolute Gasteiger partial charge is 0.143 e. The molecule has 3 unspecified atom stereocenters. The second-order valence-electron chi connectivity index (χ2n) is 16.8. The summed E-state index contributed by atoms with van der Waals surface area (Å²) < 4.78 is 0. The monoisotopic (exact) mass is 896 g/mol. The van der Waals surface area contributed by atoms with Crippen molar-refractivity contribution >= 4 is 11.9 Å². The Morgan fingerprint density at radius 1 is 0.638 bits per heavy atom. The number of allylic oxidation sites excluding steroid dienone is 10. The van der Waals surface area contributed by atoms with E-state index < -0.39 is 5.41 Å². The number of benzene rings is 7. The quantitative estimate of drug-likeness (QED) is 0.0444. The Kier molecular flexibility index (Phi) is 15.4. The molecule has 0 amide bonds. The van der Waals surface area contributed by atoms with Crippen LogP contribution in [-0.2, 0) is 5.41 Å². The molecule has 7 aromatic carbocycles. The molecule has 0 saturated heterocycles. The van der Waals surface area contributed by atoms with Gasteiger partial charge in [-0.3, -0.25) is 4.99 Å². The molecule has 0 aliphatic heterocycles. The van der Waals surface area contributed by atoms with E-state index in [9.17, 15) is 0 Å². The number of hydrazine groups is 1. The molecule has 69 heavy (non-hydrogen) atoms. The van der Waals surface area contributed by atoms with Crippen molar-refractivity contribution < 1.29 is 0 Å². The summed E-state index contributed by atoms with van der Waals surface area (Å²) in [5, 5.41) is 0. The minimum Gasteiger partial charge on any atom is -0.405 e. The lowest BCUT2D eigenvalue weighted by atomic mass is 9.65. The molecule has 4 heteroatoms. The highest BCUT2D eigenvalue weighted by atomic mass is 15.3. The van der Waals surface area contributed by atoms with Crippen molar-refractivity contribution in [2.75, 3.05) is 0 Å². The van der Waals surface area contributed by atoms with Crippen LogP contribution in [0.1, 0.15) is 71.2 Å². The predicted molar refractivity (Wildman–Crippen MR) is 294 cm³/mol. The summed E-state index contributed by atoms with van der Waals surface area (Å²) in [5.74, 6) is 7.26. The van der Waals surface area contributed by atoms with Gasteiger partial charge in [-0.25, -0.2) is 5.84 Å². The van der Waals surface area contributed by atoms with E-state index in [0.29, 0.717) is 11.8 Å². The average molecular weight is 897 g/mol. The van der Waals surface area contributed by atoms with E-state index in [1.54, 1.807) is 12.2 Å². The van der Waals surface area contributed by atoms with Crippen molar-refractivity contribution in [1.29, 1.82) is 0 Å². The molecule has 0 bridgehead atoms. The summed E-state index contributed by atoms with van der Waals surface area (Å²) in [6.45, 7) is 12.3. The van der Waals surface area contributed by atoms with Gasteiger partial charge in [-0.15, -0.1) is 0 Å². The molecule has 5 N–H and O–H groups in total. The Morgan fingerprint density at radius 3 is 2.00 bits per heavy atom. The fourth-order valence-corrected chi connectivity index (χ4v) is 9.71. The van der Waals surface area contributed by atoms with Gasteiger partial charge < -0.3 is 11.2 Å². The third-order valence-electron chi connectivity index (χ3n) is 12.9. The number of rotatable bonds is 9. The molecule has 340 valence electrons. The molecule has 3 atom stereocenters. The summed E-state index contributed by atoms with van der Waals surface area (Å²) in [7, 11) is 0. The second kappa shape index (κ2) is 22.5. The maximum Gasteiger partial charge on any atom is 0.143 e. The highest BCUT2D eigenvalue weighted by molar-refractivity contribution is 5.99. The van der Waals surface area contributed by atoms with Gasteiger partial charge >= 0.3 is 0 Å². The average Bonchev–Trinajstić information content (AvgIpc) is 3.72. The number of nitrogens with one attached hydrogen (secondary N) is 1. The SMILES string of the molecule is C=C/C=C\C=C/N.C=C1/C=C\C=C/c2ccccc2C12c1ccccc1-c1ccc(-c3cccc(C(N=C(NN)c4ccc(-c5ccccc5)cc4)C4=CCC(c5ccccc5)C=C4)c3)cc12.CC. The topological polar surface area (TPSA) is 76.4 Å². The van der Waals surface area contributed by atoms with Crippen molar-refractivity contribution in [3.63, 3.8) is 0 Å². The number of nitrogens with zero attached hydrogens (tertiary/aromatic N) is 1. The Morgan fingerprint density at radius 2 is 1.28 bits per heavy atom. The summed E-state index contributed by atoms with van der Waals surface area (Å²) in [4.78, 5) is 5.44. The van der Waals surface area contributed by atoms with Gasteiger partial charge in [0.25, 0.3) is 0 Å². The molecule has 0 radical (unpaired) electrons. The number of aliphatic imine (C=N–C) groups is 1. The molecule has 0 fully saturated rings. The molecule has 3 aliphatic rings. The van der Waals surface area contributed by atoms with Crippen LogP contribution in [0.2, 0.25) is 0 Å². The van der Waals surface area contributed by atoms with Crippen molar-refractivity contribution in [1.82, 2.24) is 5.43 Å². The lowest BCUT2D eigenvalue weighted by Gasteiger charge is -2.36. The maximum absolute atomic E-state index is 6.32. The molecule has 1 spiro atoms. The van der Waals surface area contributed by atoms with Crippen LogP contribution in [0.25, 0.3) is 39.5 Å². The van der Waals surface area contributed by atoms with Crippen LogP contribution in [-0.4, -0.2) is 5.84 Å². The fourth-order valence-electron chi connectivity index (χ4n) is 9.71. The zero-order valence-electron chi connectivity index (χ0n) is 39.5. The third-order valence-corrected chi connectivity index (χ3v) is 12.9. The molecule has 0 saturated carbocycles. The highest BCUT2D eigenvalue weighted by Gasteiger charge is 2.47. The van der Waals surface area contributed by atoms with Gasteiger partial charge in [-0.1, -0.05) is 252 Å². The number of nitrogens with two attached hydrogens (primary N) is 2. The molecule has 10 rings (SSSR count). The van der Waals surface area contributed by atoms with E-state index >= 15 is 0 Å². The van der Waals surface area contributed by atoms with Crippen molar-refractivity contribution in [3.8, 4) is 33.4 Å². The molecular formula is C65H60N4. The summed E-state index contributed by atoms with van der Waals surface area (Å²) in [5.41, 5.74) is 24.9. The van der Waals surface area contributed by atoms with Crippen molar-refractivity contribution in [2.24, 2.45) is 16.6 Å². The lowest BCUT2D eigenvalue weighted by Crippen LogP contribution is -2.31. The predicted octanol–water partition coefficient (Wildman–Crippen LogP) is 15.3. The summed E-state index contributed by atoms with van der Waals surface area (Å²) >= 11 is 0.